The third kappa shape index (κ3) is 5.68. The highest BCUT2D eigenvalue weighted by Gasteiger charge is 2.49. The third-order valence-electron chi connectivity index (χ3n) is 4.81. The van der Waals surface area contributed by atoms with E-state index in [1.54, 1.807) is 0 Å². The van der Waals surface area contributed by atoms with Crippen molar-refractivity contribution in [2.75, 3.05) is 0 Å². The highest BCUT2D eigenvalue weighted by Crippen LogP contribution is 2.40. The van der Waals surface area contributed by atoms with Crippen molar-refractivity contribution in [3.8, 4) is 0 Å². The Morgan fingerprint density at radius 3 is 1.78 bits per heavy atom. The minimum absolute atomic E-state index is 0.0353. The first-order valence-corrected chi connectivity index (χ1v) is 9.26. The van der Waals surface area contributed by atoms with Crippen LogP contribution < -0.4 is 0 Å². The number of hydrogen-bond donors (Lipinski definition) is 0. The summed E-state index contributed by atoms with van der Waals surface area (Å²) in [5.41, 5.74) is 2.07. The van der Waals surface area contributed by atoms with Gasteiger partial charge in [0, 0.05) is 12.8 Å². The molecule has 0 heterocycles. The fourth-order valence-corrected chi connectivity index (χ4v) is 2.78. The lowest BCUT2D eigenvalue weighted by atomic mass is 9.91. The lowest BCUT2D eigenvalue weighted by Gasteiger charge is -2.35. The minimum atomic E-state index is -2.60. The smallest absolute Gasteiger partial charge is 0.273 e. The summed E-state index contributed by atoms with van der Waals surface area (Å²) in [6.07, 6.45) is 1.03. The summed E-state index contributed by atoms with van der Waals surface area (Å²) < 4.78 is 36.1. The van der Waals surface area contributed by atoms with E-state index in [1.807, 2.05) is 60.7 Å². The van der Waals surface area contributed by atoms with Crippen molar-refractivity contribution >= 4 is 5.78 Å². The van der Waals surface area contributed by atoms with Gasteiger partial charge in [-0.05, 0) is 24.0 Å². The number of carbonyl (C=O) groups excluding carboxylic acids is 1. The van der Waals surface area contributed by atoms with Crippen molar-refractivity contribution < 1.29 is 23.0 Å². The van der Waals surface area contributed by atoms with Crippen LogP contribution in [0.25, 0.3) is 0 Å². The molecule has 4 rings (SSSR count). The maximum atomic E-state index is 12.8. The third-order valence-corrected chi connectivity index (χ3v) is 4.81. The van der Waals surface area contributed by atoms with Crippen molar-refractivity contribution in [3.05, 3.63) is 71.8 Å². The normalized spacial score (nSPS) is 22.8. The van der Waals surface area contributed by atoms with Gasteiger partial charge in [-0.25, -0.2) is 8.78 Å². The maximum absolute atomic E-state index is 12.8. The van der Waals surface area contributed by atoms with Gasteiger partial charge in [0.15, 0.2) is 5.78 Å². The van der Waals surface area contributed by atoms with Crippen molar-refractivity contribution in [1.29, 1.82) is 0 Å². The number of ketones is 1. The fourth-order valence-electron chi connectivity index (χ4n) is 2.78. The van der Waals surface area contributed by atoms with Crippen LogP contribution in [0.5, 0.6) is 0 Å². The summed E-state index contributed by atoms with van der Waals surface area (Å²) in [4.78, 5) is 10.9. The molecule has 2 fully saturated rings. The lowest BCUT2D eigenvalue weighted by molar-refractivity contribution is -0.204. The largest absolute Gasteiger partial charge is 0.367 e. The van der Waals surface area contributed by atoms with Crippen LogP contribution in [0, 0.1) is 0 Å². The number of ether oxygens (including phenoxy) is 2. The highest BCUT2D eigenvalue weighted by molar-refractivity contribution is 5.88. The van der Waals surface area contributed by atoms with Crippen LogP contribution in [0.2, 0.25) is 0 Å². The first-order chi connectivity index (χ1) is 13.0. The first kappa shape index (κ1) is 19.6. The van der Waals surface area contributed by atoms with Crippen LogP contribution in [0.3, 0.4) is 0 Å². The van der Waals surface area contributed by atoms with E-state index >= 15 is 0 Å². The standard InChI is InChI=1S/C11H12F2O.C11H12O2/c12-11(13)7-6-10(11)14-8-9-4-2-1-3-5-9;12-10-6-7-11(10)13-8-9-4-2-1-3-5-9/h1-5,10H,6-8H2;1-5,11H,6-8H2. The van der Waals surface area contributed by atoms with Crippen LogP contribution in [-0.4, -0.2) is 23.9 Å². The second-order valence-corrected chi connectivity index (χ2v) is 6.88. The van der Waals surface area contributed by atoms with Crippen LogP contribution in [-0.2, 0) is 27.5 Å². The zero-order valence-electron chi connectivity index (χ0n) is 15.2. The molecule has 27 heavy (non-hydrogen) atoms. The molecule has 2 unspecified atom stereocenters. The molecule has 0 N–H and O–H groups in total. The van der Waals surface area contributed by atoms with Gasteiger partial charge in [0.2, 0.25) is 0 Å². The highest BCUT2D eigenvalue weighted by atomic mass is 19.3. The number of rotatable bonds is 6. The molecule has 0 aliphatic heterocycles. The number of Topliss-reactive ketones (excluding diaryl/α,β-unsaturated/α-hetero) is 1. The molecule has 2 aliphatic carbocycles. The minimum Gasteiger partial charge on any atom is -0.367 e. The summed E-state index contributed by atoms with van der Waals surface area (Å²) in [6.45, 7) is 0.832. The molecule has 2 aromatic rings. The van der Waals surface area contributed by atoms with Gasteiger partial charge in [0.1, 0.15) is 12.2 Å². The summed E-state index contributed by atoms with van der Waals surface area (Å²) >= 11 is 0. The predicted octanol–water partition coefficient (Wildman–Crippen LogP) is 4.94. The van der Waals surface area contributed by atoms with Gasteiger partial charge in [-0.3, -0.25) is 4.79 Å². The molecule has 2 aliphatic rings. The van der Waals surface area contributed by atoms with E-state index in [4.69, 9.17) is 9.47 Å². The second kappa shape index (κ2) is 9.20. The molecule has 0 aromatic heterocycles. The number of halogens is 2. The van der Waals surface area contributed by atoms with Crippen molar-refractivity contribution in [1.82, 2.24) is 0 Å². The molecule has 0 radical (unpaired) electrons. The molecular weight excluding hydrogens is 350 g/mol. The van der Waals surface area contributed by atoms with Gasteiger partial charge in [-0.1, -0.05) is 60.7 Å². The Morgan fingerprint density at radius 1 is 0.852 bits per heavy atom. The monoisotopic (exact) mass is 374 g/mol. The molecule has 0 bridgehead atoms. The molecule has 144 valence electrons. The van der Waals surface area contributed by atoms with Gasteiger partial charge in [-0.2, -0.15) is 0 Å². The van der Waals surface area contributed by atoms with Crippen molar-refractivity contribution in [3.63, 3.8) is 0 Å². The van der Waals surface area contributed by atoms with Gasteiger partial charge in [0.05, 0.1) is 13.2 Å². The Hall–Kier alpha value is -2.11. The van der Waals surface area contributed by atoms with E-state index in [9.17, 15) is 13.6 Å². The Kier molecular flexibility index (Phi) is 6.69. The number of carbonyl (C=O) groups is 1. The molecule has 5 heteroatoms. The fraction of sp³-hybridized carbons (Fsp3) is 0.409. The summed E-state index contributed by atoms with van der Waals surface area (Å²) in [6, 6.07) is 19.3. The average molecular weight is 374 g/mol. The molecule has 2 atom stereocenters. The number of alkyl halides is 2. The summed E-state index contributed by atoms with van der Waals surface area (Å²) in [7, 11) is 0. The summed E-state index contributed by atoms with van der Waals surface area (Å²) in [5.74, 6) is -2.36. The topological polar surface area (TPSA) is 35.5 Å². The number of benzene rings is 2. The van der Waals surface area contributed by atoms with E-state index in [2.05, 4.69) is 0 Å². The van der Waals surface area contributed by atoms with Gasteiger partial charge in [-0.15, -0.1) is 0 Å². The van der Waals surface area contributed by atoms with Gasteiger partial charge < -0.3 is 9.47 Å². The lowest BCUT2D eigenvalue weighted by Crippen LogP contribution is -2.45. The predicted molar refractivity (Wildman–Crippen MR) is 98.5 cm³/mol. The molecule has 2 aromatic carbocycles. The quantitative estimate of drug-likeness (QED) is 0.719. The van der Waals surface area contributed by atoms with E-state index in [-0.39, 0.29) is 24.9 Å². The Bertz CT molecular complexity index is 719. The van der Waals surface area contributed by atoms with Crippen molar-refractivity contribution in [2.24, 2.45) is 0 Å². The average Bonchev–Trinajstić information content (AvgIpc) is 2.68. The molecule has 0 saturated heterocycles. The Labute approximate surface area is 158 Å². The van der Waals surface area contributed by atoms with Crippen LogP contribution >= 0.6 is 0 Å². The van der Waals surface area contributed by atoms with Crippen molar-refractivity contribution in [2.45, 2.75) is 57.0 Å². The first-order valence-electron chi connectivity index (χ1n) is 9.26. The Balaban J connectivity index is 0.000000156. The zero-order valence-corrected chi connectivity index (χ0v) is 15.2. The van der Waals surface area contributed by atoms with Crippen LogP contribution in [0.15, 0.2) is 60.7 Å². The molecule has 0 amide bonds. The van der Waals surface area contributed by atoms with Crippen LogP contribution in [0.1, 0.15) is 36.8 Å². The zero-order chi connectivity index (χ0) is 19.1. The van der Waals surface area contributed by atoms with Crippen LogP contribution in [0.4, 0.5) is 8.78 Å². The SMILES string of the molecule is FC1(F)CCC1OCc1ccccc1.O=C1CCC1OCc1ccccc1. The molecular formula is C22H24F2O3. The Morgan fingerprint density at radius 2 is 1.41 bits per heavy atom. The molecule has 2 saturated carbocycles. The maximum Gasteiger partial charge on any atom is 0.273 e. The molecule has 0 spiro atoms. The number of hydrogen-bond acceptors (Lipinski definition) is 3. The van der Waals surface area contributed by atoms with Gasteiger partial charge in [0.25, 0.3) is 5.92 Å². The van der Waals surface area contributed by atoms with E-state index < -0.39 is 12.0 Å². The van der Waals surface area contributed by atoms with E-state index in [1.165, 1.54) is 0 Å². The second-order valence-electron chi connectivity index (χ2n) is 6.88. The van der Waals surface area contributed by atoms with E-state index in [0.29, 0.717) is 19.4 Å². The van der Waals surface area contributed by atoms with E-state index in [0.717, 1.165) is 17.5 Å². The summed E-state index contributed by atoms with van der Waals surface area (Å²) in [5, 5.41) is 0. The molecule has 3 nitrogen and oxygen atoms in total. The van der Waals surface area contributed by atoms with Gasteiger partial charge >= 0.3 is 0 Å².